The maximum Gasteiger partial charge on any atom is 0.303 e. The summed E-state index contributed by atoms with van der Waals surface area (Å²) in [6.07, 6.45) is 16.2. The van der Waals surface area contributed by atoms with Crippen molar-refractivity contribution in [3.63, 3.8) is 0 Å². The molecular weight excluding hydrogens is 408 g/mol. The first kappa shape index (κ1) is 26.4. The Morgan fingerprint density at radius 2 is 1.56 bits per heavy atom. The molecule has 0 radical (unpaired) electrons. The number of ether oxygens (including phenoxy) is 1. The Morgan fingerprint density at radius 3 is 2.22 bits per heavy atom. The third-order valence-electron chi connectivity index (χ3n) is 6.64. The number of unbranched alkanes of at least 4 members (excludes halogenated alkanes) is 4. The van der Waals surface area contributed by atoms with E-state index in [2.05, 4.69) is 29.7 Å². The second kappa shape index (κ2) is 15.0. The van der Waals surface area contributed by atoms with E-state index in [-0.39, 0.29) is 24.7 Å². The van der Waals surface area contributed by atoms with Gasteiger partial charge in [0.2, 0.25) is 11.8 Å². The van der Waals surface area contributed by atoms with Crippen LogP contribution in [0.15, 0.2) is 12.2 Å². The highest BCUT2D eigenvalue weighted by molar-refractivity contribution is 5.96. The molecule has 0 aromatic carbocycles. The van der Waals surface area contributed by atoms with Crippen LogP contribution in [0.25, 0.3) is 0 Å². The topological polar surface area (TPSA) is 105 Å². The van der Waals surface area contributed by atoms with E-state index in [4.69, 9.17) is 9.84 Å². The SMILES string of the molecule is CCCCCNC(=O)CC(=O)NCCCC[C@H]1[C@@H](CC=CCCCC(=O)O)[C@H]2CC[C@@H]1O2. The molecule has 2 rings (SSSR count). The molecule has 0 spiro atoms. The lowest BCUT2D eigenvalue weighted by Crippen LogP contribution is -2.33. The first-order valence-electron chi connectivity index (χ1n) is 12.6. The summed E-state index contributed by atoms with van der Waals surface area (Å²) < 4.78 is 6.17. The van der Waals surface area contributed by atoms with Gasteiger partial charge in [0.05, 0.1) is 12.2 Å². The highest BCUT2D eigenvalue weighted by atomic mass is 16.5. The summed E-state index contributed by atoms with van der Waals surface area (Å²) in [7, 11) is 0. The number of carboxylic acids is 1. The van der Waals surface area contributed by atoms with E-state index in [1.54, 1.807) is 0 Å². The Kier molecular flexibility index (Phi) is 12.4. The van der Waals surface area contributed by atoms with Gasteiger partial charge in [0.15, 0.2) is 0 Å². The Balaban J connectivity index is 1.58. The van der Waals surface area contributed by atoms with E-state index in [1.807, 2.05) is 0 Å². The number of carbonyl (C=O) groups is 3. The molecule has 0 aliphatic carbocycles. The van der Waals surface area contributed by atoms with Gasteiger partial charge in [0.1, 0.15) is 6.42 Å². The van der Waals surface area contributed by atoms with Crippen LogP contribution >= 0.6 is 0 Å². The van der Waals surface area contributed by atoms with Gasteiger partial charge in [-0.15, -0.1) is 0 Å². The average molecular weight is 451 g/mol. The van der Waals surface area contributed by atoms with Gasteiger partial charge >= 0.3 is 5.97 Å². The first-order chi connectivity index (χ1) is 15.5. The number of hydrogen-bond donors (Lipinski definition) is 3. The maximum atomic E-state index is 11.9. The molecule has 2 heterocycles. The quantitative estimate of drug-likeness (QED) is 0.177. The van der Waals surface area contributed by atoms with E-state index in [0.29, 0.717) is 43.6 Å². The van der Waals surface area contributed by atoms with Crippen LogP contribution in [0, 0.1) is 11.8 Å². The highest BCUT2D eigenvalue weighted by Gasteiger charge is 2.47. The molecule has 7 nitrogen and oxygen atoms in total. The summed E-state index contributed by atoms with van der Waals surface area (Å²) in [6.45, 7) is 3.37. The van der Waals surface area contributed by atoms with Crippen molar-refractivity contribution in [3.05, 3.63) is 12.2 Å². The Bertz CT molecular complexity index is 621. The molecule has 182 valence electrons. The van der Waals surface area contributed by atoms with Crippen molar-refractivity contribution in [3.8, 4) is 0 Å². The smallest absolute Gasteiger partial charge is 0.303 e. The van der Waals surface area contributed by atoms with E-state index in [9.17, 15) is 14.4 Å². The van der Waals surface area contributed by atoms with Gasteiger partial charge in [-0.3, -0.25) is 14.4 Å². The van der Waals surface area contributed by atoms with Gasteiger partial charge in [-0.25, -0.2) is 0 Å². The standard InChI is InChI=1S/C25H42N2O5/c1-2-3-9-16-26-23(28)18-24(29)27-17-10-8-12-20-19(21-14-15-22(20)32-21)11-6-4-5-7-13-25(30)31/h4,6,19-22H,2-3,5,7-18H2,1H3,(H,26,28)(H,27,29)(H,30,31)/t19-,20+,21-,22+/m1/s1. The number of nitrogens with one attached hydrogen (secondary N) is 2. The van der Waals surface area contributed by atoms with Crippen molar-refractivity contribution >= 4 is 17.8 Å². The Morgan fingerprint density at radius 1 is 0.906 bits per heavy atom. The average Bonchev–Trinajstić information content (AvgIpc) is 3.35. The minimum absolute atomic E-state index is 0.0901. The largest absolute Gasteiger partial charge is 0.481 e. The number of allylic oxidation sites excluding steroid dienone is 2. The number of hydrogen-bond acceptors (Lipinski definition) is 4. The molecule has 2 aliphatic rings. The number of fused-ring (bicyclic) bond motifs is 2. The number of carboxylic acid groups (broad SMARTS) is 1. The van der Waals surface area contributed by atoms with Crippen molar-refractivity contribution in [1.82, 2.24) is 10.6 Å². The fraction of sp³-hybridized carbons (Fsp3) is 0.800. The molecule has 0 aromatic heterocycles. The van der Waals surface area contributed by atoms with Crippen molar-refractivity contribution in [1.29, 1.82) is 0 Å². The van der Waals surface area contributed by atoms with Crippen LogP contribution in [0.5, 0.6) is 0 Å². The molecule has 0 saturated carbocycles. The van der Waals surface area contributed by atoms with Crippen LogP contribution in [0.2, 0.25) is 0 Å². The minimum Gasteiger partial charge on any atom is -0.481 e. The summed E-state index contributed by atoms with van der Waals surface area (Å²) in [6, 6.07) is 0. The van der Waals surface area contributed by atoms with Crippen LogP contribution < -0.4 is 10.6 Å². The number of rotatable bonds is 17. The maximum absolute atomic E-state index is 11.9. The van der Waals surface area contributed by atoms with E-state index >= 15 is 0 Å². The van der Waals surface area contributed by atoms with E-state index in [0.717, 1.165) is 64.2 Å². The van der Waals surface area contributed by atoms with Crippen LogP contribution in [-0.2, 0) is 19.1 Å². The molecule has 7 heteroatoms. The van der Waals surface area contributed by atoms with Crippen molar-refractivity contribution in [2.45, 2.75) is 103 Å². The van der Waals surface area contributed by atoms with Gasteiger partial charge in [0, 0.05) is 19.5 Å². The molecule has 2 bridgehead atoms. The predicted molar refractivity (Wildman–Crippen MR) is 124 cm³/mol. The number of carbonyl (C=O) groups excluding carboxylic acids is 2. The highest BCUT2D eigenvalue weighted by Crippen LogP contribution is 2.47. The van der Waals surface area contributed by atoms with Crippen LogP contribution in [-0.4, -0.2) is 48.2 Å². The lowest BCUT2D eigenvalue weighted by molar-refractivity contribution is -0.137. The van der Waals surface area contributed by atoms with Gasteiger partial charge in [-0.1, -0.05) is 38.3 Å². The van der Waals surface area contributed by atoms with Gasteiger partial charge in [-0.05, 0) is 63.2 Å². The summed E-state index contributed by atoms with van der Waals surface area (Å²) in [5.41, 5.74) is 0. The molecule has 3 N–H and O–H groups in total. The number of amides is 2. The van der Waals surface area contributed by atoms with Gasteiger partial charge < -0.3 is 20.5 Å². The monoisotopic (exact) mass is 450 g/mol. The second-order valence-corrected chi connectivity index (χ2v) is 9.19. The van der Waals surface area contributed by atoms with Crippen LogP contribution in [0.4, 0.5) is 0 Å². The zero-order valence-electron chi connectivity index (χ0n) is 19.7. The molecule has 0 aromatic rings. The second-order valence-electron chi connectivity index (χ2n) is 9.19. The molecule has 32 heavy (non-hydrogen) atoms. The molecule has 2 saturated heterocycles. The van der Waals surface area contributed by atoms with Crippen molar-refractivity contribution in [2.24, 2.45) is 11.8 Å². The fourth-order valence-corrected chi connectivity index (χ4v) is 4.95. The number of aliphatic carboxylic acids is 1. The summed E-state index contributed by atoms with van der Waals surface area (Å²) in [5.74, 6) is -0.0110. The summed E-state index contributed by atoms with van der Waals surface area (Å²) in [5, 5.41) is 14.4. The van der Waals surface area contributed by atoms with Crippen molar-refractivity contribution < 1.29 is 24.2 Å². The van der Waals surface area contributed by atoms with E-state index in [1.165, 1.54) is 0 Å². The van der Waals surface area contributed by atoms with Crippen LogP contribution in [0.1, 0.15) is 90.4 Å². The van der Waals surface area contributed by atoms with Crippen LogP contribution in [0.3, 0.4) is 0 Å². The molecule has 2 amide bonds. The predicted octanol–water partition coefficient (Wildman–Crippen LogP) is 3.96. The first-order valence-corrected chi connectivity index (χ1v) is 12.6. The third kappa shape index (κ3) is 9.72. The van der Waals surface area contributed by atoms with Crippen molar-refractivity contribution in [2.75, 3.05) is 13.1 Å². The normalized spacial score (nSPS) is 24.2. The fourth-order valence-electron chi connectivity index (χ4n) is 4.95. The van der Waals surface area contributed by atoms with Gasteiger partial charge in [-0.2, -0.15) is 0 Å². The van der Waals surface area contributed by atoms with E-state index < -0.39 is 5.97 Å². The summed E-state index contributed by atoms with van der Waals surface area (Å²) in [4.78, 5) is 34.2. The molecule has 2 fully saturated rings. The summed E-state index contributed by atoms with van der Waals surface area (Å²) >= 11 is 0. The third-order valence-corrected chi connectivity index (χ3v) is 6.64. The molecule has 2 aliphatic heterocycles. The minimum atomic E-state index is -0.734. The zero-order valence-corrected chi connectivity index (χ0v) is 19.7. The lowest BCUT2D eigenvalue weighted by Gasteiger charge is -2.27. The van der Waals surface area contributed by atoms with Gasteiger partial charge in [0.25, 0.3) is 0 Å². The zero-order chi connectivity index (χ0) is 23.2. The lowest BCUT2D eigenvalue weighted by atomic mass is 9.75. The Labute approximate surface area is 192 Å². The molecule has 0 unspecified atom stereocenters. The molecule has 4 atom stereocenters. The Hall–Kier alpha value is -1.89. The molecular formula is C25H42N2O5.